The van der Waals surface area contributed by atoms with Crippen LogP contribution in [0.2, 0.25) is 0 Å². The number of nitrogens with zero attached hydrogens (tertiary/aromatic N) is 1. The van der Waals surface area contributed by atoms with Crippen LogP contribution in [0.15, 0.2) is 54.7 Å². The Labute approximate surface area is 135 Å². The maximum atomic E-state index is 13.5. The van der Waals surface area contributed by atoms with Gasteiger partial charge in [-0.3, -0.25) is 0 Å². The van der Waals surface area contributed by atoms with Crippen molar-refractivity contribution in [3.63, 3.8) is 0 Å². The monoisotopic (exact) mass is 331 g/mol. The molecule has 2 aromatic carbocycles. The molecular formula is C17H11F2NO2S. The van der Waals surface area contributed by atoms with Crippen molar-refractivity contribution in [1.82, 2.24) is 4.98 Å². The Balaban J connectivity index is 1.68. The largest absolute Gasteiger partial charge is 0.456 e. The lowest BCUT2D eigenvalue weighted by Gasteiger charge is -2.04. The van der Waals surface area contributed by atoms with Gasteiger partial charge in [-0.1, -0.05) is 30.3 Å². The first-order valence-corrected chi connectivity index (χ1v) is 7.57. The lowest BCUT2D eigenvalue weighted by Crippen LogP contribution is -2.07. The van der Waals surface area contributed by atoms with Gasteiger partial charge in [0.1, 0.15) is 23.2 Å². The smallest absolute Gasteiger partial charge is 0.341 e. The number of rotatable bonds is 4. The molecule has 1 heterocycles. The number of esters is 1. The number of carbonyl (C=O) groups excluding carboxylic acids is 1. The van der Waals surface area contributed by atoms with Gasteiger partial charge >= 0.3 is 5.97 Å². The first-order chi connectivity index (χ1) is 11.1. The summed E-state index contributed by atoms with van der Waals surface area (Å²) in [5, 5.41) is 0.800. The number of aromatic nitrogens is 1. The zero-order chi connectivity index (χ0) is 16.2. The highest BCUT2D eigenvalue weighted by Crippen LogP contribution is 2.25. The van der Waals surface area contributed by atoms with Crippen LogP contribution in [0, 0.1) is 11.6 Å². The van der Waals surface area contributed by atoms with Crippen molar-refractivity contribution in [1.29, 1.82) is 0 Å². The number of thiazole rings is 1. The Morgan fingerprint density at radius 1 is 1.13 bits per heavy atom. The van der Waals surface area contributed by atoms with Crippen LogP contribution in [0.1, 0.15) is 15.2 Å². The minimum atomic E-state index is -0.906. The van der Waals surface area contributed by atoms with E-state index in [-0.39, 0.29) is 6.61 Å². The maximum absolute atomic E-state index is 13.5. The zero-order valence-electron chi connectivity index (χ0n) is 11.8. The van der Waals surface area contributed by atoms with Gasteiger partial charge in [0, 0.05) is 11.8 Å². The van der Waals surface area contributed by atoms with Crippen LogP contribution in [0.3, 0.4) is 0 Å². The van der Waals surface area contributed by atoms with E-state index in [1.165, 1.54) is 11.3 Å². The third kappa shape index (κ3) is 3.60. The number of hydrogen-bond donors (Lipinski definition) is 0. The van der Waals surface area contributed by atoms with Crippen molar-refractivity contribution >= 4 is 17.3 Å². The molecule has 0 aliphatic heterocycles. The predicted molar refractivity (Wildman–Crippen MR) is 83.0 cm³/mol. The number of ether oxygens (including phenoxy) is 1. The molecule has 0 fully saturated rings. The predicted octanol–water partition coefficient (Wildman–Crippen LogP) is 4.45. The Hall–Kier alpha value is -2.60. The van der Waals surface area contributed by atoms with Gasteiger partial charge in [0.2, 0.25) is 0 Å². The normalized spacial score (nSPS) is 10.5. The summed E-state index contributed by atoms with van der Waals surface area (Å²) in [6, 6.07) is 12.2. The van der Waals surface area contributed by atoms with Crippen LogP contribution < -0.4 is 0 Å². The second-order valence-electron chi connectivity index (χ2n) is 4.70. The lowest BCUT2D eigenvalue weighted by molar-refractivity contribution is 0.0470. The van der Waals surface area contributed by atoms with E-state index in [9.17, 15) is 13.6 Å². The van der Waals surface area contributed by atoms with Gasteiger partial charge in [-0.25, -0.2) is 18.6 Å². The van der Waals surface area contributed by atoms with Crippen LogP contribution >= 0.6 is 11.3 Å². The van der Waals surface area contributed by atoms with Gasteiger partial charge in [0.15, 0.2) is 0 Å². The Morgan fingerprint density at radius 2 is 1.91 bits per heavy atom. The summed E-state index contributed by atoms with van der Waals surface area (Å²) in [5.41, 5.74) is 0.545. The second kappa shape index (κ2) is 6.66. The average Bonchev–Trinajstić information content (AvgIpc) is 3.05. The highest BCUT2D eigenvalue weighted by molar-refractivity contribution is 7.15. The molecule has 0 spiro atoms. The minimum absolute atomic E-state index is 0.0424. The molecule has 23 heavy (non-hydrogen) atoms. The van der Waals surface area contributed by atoms with E-state index in [0.717, 1.165) is 28.8 Å². The standard InChI is InChI=1S/C17H11F2NO2S/c18-12-6-7-15(19)14(8-12)17(21)22-10-13-9-20-16(23-13)11-4-2-1-3-5-11/h1-9H,10H2. The molecular weight excluding hydrogens is 320 g/mol. The summed E-state index contributed by atoms with van der Waals surface area (Å²) in [6.45, 7) is -0.0424. The molecule has 0 atom stereocenters. The fourth-order valence-corrected chi connectivity index (χ4v) is 2.79. The van der Waals surface area contributed by atoms with Gasteiger partial charge in [-0.2, -0.15) is 0 Å². The second-order valence-corrected chi connectivity index (χ2v) is 5.81. The number of halogens is 2. The molecule has 1 aromatic heterocycles. The van der Waals surface area contributed by atoms with E-state index in [2.05, 4.69) is 4.98 Å². The molecule has 0 radical (unpaired) electrons. The van der Waals surface area contributed by atoms with E-state index in [4.69, 9.17) is 4.74 Å². The Bertz CT molecular complexity index is 834. The molecule has 0 amide bonds. The summed E-state index contributed by atoms with van der Waals surface area (Å²) in [6.07, 6.45) is 1.60. The van der Waals surface area contributed by atoms with Gasteiger partial charge in [-0.15, -0.1) is 11.3 Å². The zero-order valence-corrected chi connectivity index (χ0v) is 12.6. The molecule has 6 heteroatoms. The van der Waals surface area contributed by atoms with Crippen LogP contribution in [0.25, 0.3) is 10.6 Å². The fraction of sp³-hybridized carbons (Fsp3) is 0.0588. The van der Waals surface area contributed by atoms with Crippen LogP contribution in [0.5, 0.6) is 0 Å². The highest BCUT2D eigenvalue weighted by Gasteiger charge is 2.15. The first-order valence-electron chi connectivity index (χ1n) is 6.76. The molecule has 3 nitrogen and oxygen atoms in total. The molecule has 3 aromatic rings. The van der Waals surface area contributed by atoms with Crippen LogP contribution in [-0.2, 0) is 11.3 Å². The summed E-state index contributed by atoms with van der Waals surface area (Å²) in [4.78, 5) is 16.8. The molecule has 0 unspecified atom stereocenters. The van der Waals surface area contributed by atoms with E-state index in [0.29, 0.717) is 4.88 Å². The van der Waals surface area contributed by atoms with E-state index in [1.807, 2.05) is 30.3 Å². The molecule has 0 bridgehead atoms. The van der Waals surface area contributed by atoms with Gasteiger partial charge in [-0.05, 0) is 18.2 Å². The number of carbonyl (C=O) groups is 1. The molecule has 3 rings (SSSR count). The molecule has 0 aliphatic rings. The SMILES string of the molecule is O=C(OCc1cnc(-c2ccccc2)s1)c1cc(F)ccc1F. The van der Waals surface area contributed by atoms with Crippen molar-refractivity contribution in [2.45, 2.75) is 6.61 Å². The quantitative estimate of drug-likeness (QED) is 0.663. The highest BCUT2D eigenvalue weighted by atomic mass is 32.1. The average molecular weight is 331 g/mol. The summed E-state index contributed by atoms with van der Waals surface area (Å²) in [5.74, 6) is -2.41. The molecule has 116 valence electrons. The molecule has 0 aliphatic carbocycles. The Kier molecular flexibility index (Phi) is 4.43. The van der Waals surface area contributed by atoms with Gasteiger partial charge < -0.3 is 4.74 Å². The van der Waals surface area contributed by atoms with Crippen molar-refractivity contribution in [3.8, 4) is 10.6 Å². The minimum Gasteiger partial charge on any atom is -0.456 e. The lowest BCUT2D eigenvalue weighted by atomic mass is 10.2. The van der Waals surface area contributed by atoms with Crippen molar-refractivity contribution in [3.05, 3.63) is 76.8 Å². The van der Waals surface area contributed by atoms with Crippen molar-refractivity contribution in [2.75, 3.05) is 0 Å². The summed E-state index contributed by atoms with van der Waals surface area (Å²) in [7, 11) is 0. The third-order valence-corrected chi connectivity index (χ3v) is 4.09. The molecule has 0 N–H and O–H groups in total. The maximum Gasteiger partial charge on any atom is 0.341 e. The summed E-state index contributed by atoms with van der Waals surface area (Å²) >= 11 is 1.37. The van der Waals surface area contributed by atoms with Gasteiger partial charge in [0.25, 0.3) is 0 Å². The fourth-order valence-electron chi connectivity index (χ4n) is 1.96. The Morgan fingerprint density at radius 3 is 2.70 bits per heavy atom. The van der Waals surface area contributed by atoms with E-state index >= 15 is 0 Å². The third-order valence-electron chi connectivity index (χ3n) is 3.07. The van der Waals surface area contributed by atoms with E-state index in [1.54, 1.807) is 6.20 Å². The van der Waals surface area contributed by atoms with E-state index < -0.39 is 23.2 Å². The number of benzene rings is 2. The van der Waals surface area contributed by atoms with Crippen LogP contribution in [-0.4, -0.2) is 11.0 Å². The van der Waals surface area contributed by atoms with Crippen molar-refractivity contribution in [2.24, 2.45) is 0 Å². The van der Waals surface area contributed by atoms with Gasteiger partial charge in [0.05, 0.1) is 10.4 Å². The number of hydrogen-bond acceptors (Lipinski definition) is 4. The first kappa shape index (κ1) is 15.3. The van der Waals surface area contributed by atoms with Crippen LogP contribution in [0.4, 0.5) is 8.78 Å². The molecule has 0 saturated heterocycles. The topological polar surface area (TPSA) is 39.2 Å². The summed E-state index contributed by atoms with van der Waals surface area (Å²) < 4.78 is 31.6. The van der Waals surface area contributed by atoms with Crippen molar-refractivity contribution < 1.29 is 18.3 Å². The molecule has 0 saturated carbocycles.